The number of hydrogen-bond acceptors (Lipinski definition) is 6. The molecule has 4 rings (SSSR count). The van der Waals surface area contributed by atoms with E-state index in [4.69, 9.17) is 5.73 Å². The predicted octanol–water partition coefficient (Wildman–Crippen LogP) is 4.24. The fourth-order valence-electron chi connectivity index (χ4n) is 3.90. The van der Waals surface area contributed by atoms with Gasteiger partial charge in [-0.1, -0.05) is 30.8 Å². The molecule has 0 fully saturated rings. The third-order valence-electron chi connectivity index (χ3n) is 5.72. The van der Waals surface area contributed by atoms with Gasteiger partial charge in [0.25, 0.3) is 5.91 Å². The Morgan fingerprint density at radius 1 is 1.05 bits per heavy atom. The number of nitrogens with one attached hydrogen (secondary N) is 2. The SMILES string of the molecule is C=C(C)C(=O)Nc1ccc(-c2c(-c3ccc(S(=O)(=O)NCC(F)(F)F)cc3)c3c(N)ncnc3n2C)cc1. The number of fused-ring (bicyclic) bond motifs is 1. The number of benzene rings is 2. The van der Waals surface area contributed by atoms with E-state index < -0.39 is 22.7 Å². The third-order valence-corrected chi connectivity index (χ3v) is 7.13. The van der Waals surface area contributed by atoms with Crippen molar-refractivity contribution in [2.24, 2.45) is 7.05 Å². The number of aromatic nitrogens is 3. The molecular weight excluding hydrogens is 521 g/mol. The van der Waals surface area contributed by atoms with Gasteiger partial charge in [0.1, 0.15) is 24.3 Å². The Morgan fingerprint density at radius 3 is 2.24 bits per heavy atom. The molecule has 0 bridgehead atoms. The predicted molar refractivity (Wildman–Crippen MR) is 138 cm³/mol. The van der Waals surface area contributed by atoms with Crippen molar-refractivity contribution in [3.63, 3.8) is 0 Å². The molecule has 38 heavy (non-hydrogen) atoms. The van der Waals surface area contributed by atoms with Crippen molar-refractivity contribution in [1.29, 1.82) is 0 Å². The second-order valence-corrected chi connectivity index (χ2v) is 10.3. The number of anilines is 2. The smallest absolute Gasteiger partial charge is 0.383 e. The topological polar surface area (TPSA) is 132 Å². The number of aryl methyl sites for hydroxylation is 1. The van der Waals surface area contributed by atoms with Crippen LogP contribution in [0, 0.1) is 0 Å². The molecule has 0 aliphatic rings. The van der Waals surface area contributed by atoms with Crippen LogP contribution in [0.25, 0.3) is 33.4 Å². The number of nitrogen functional groups attached to an aromatic ring is 1. The Hall–Kier alpha value is -4.23. The number of sulfonamides is 1. The molecule has 0 saturated carbocycles. The highest BCUT2D eigenvalue weighted by Gasteiger charge is 2.30. The van der Waals surface area contributed by atoms with Gasteiger partial charge in [0, 0.05) is 23.9 Å². The van der Waals surface area contributed by atoms with Gasteiger partial charge in [-0.25, -0.2) is 23.1 Å². The van der Waals surface area contributed by atoms with E-state index in [1.807, 2.05) is 0 Å². The molecule has 13 heteroatoms. The molecular formula is C25H23F3N6O3S. The lowest BCUT2D eigenvalue weighted by atomic mass is 9.98. The van der Waals surface area contributed by atoms with E-state index in [2.05, 4.69) is 21.9 Å². The molecule has 0 aliphatic heterocycles. The molecule has 9 nitrogen and oxygen atoms in total. The van der Waals surface area contributed by atoms with Gasteiger partial charge in [0.2, 0.25) is 10.0 Å². The van der Waals surface area contributed by atoms with E-state index in [1.165, 1.54) is 30.6 Å². The molecule has 0 aliphatic carbocycles. The molecule has 0 radical (unpaired) electrons. The number of nitrogens with two attached hydrogens (primary N) is 1. The number of nitrogens with zero attached hydrogens (tertiary/aromatic N) is 3. The first kappa shape index (κ1) is 26.8. The highest BCUT2D eigenvalue weighted by atomic mass is 32.2. The number of carbonyl (C=O) groups excluding carboxylic acids is 1. The number of amides is 1. The second kappa shape index (κ2) is 9.91. The van der Waals surface area contributed by atoms with Crippen LogP contribution in [0.4, 0.5) is 24.7 Å². The van der Waals surface area contributed by atoms with Crippen molar-refractivity contribution in [1.82, 2.24) is 19.3 Å². The largest absolute Gasteiger partial charge is 0.402 e. The first-order valence-corrected chi connectivity index (χ1v) is 12.6. The van der Waals surface area contributed by atoms with Crippen LogP contribution in [-0.2, 0) is 21.9 Å². The van der Waals surface area contributed by atoms with Gasteiger partial charge in [-0.15, -0.1) is 0 Å². The van der Waals surface area contributed by atoms with Gasteiger partial charge < -0.3 is 15.6 Å². The van der Waals surface area contributed by atoms with Crippen molar-refractivity contribution in [3.05, 3.63) is 67.0 Å². The normalized spacial score (nSPS) is 12.0. The Balaban J connectivity index is 1.80. The number of halogens is 3. The highest BCUT2D eigenvalue weighted by Crippen LogP contribution is 2.41. The Bertz CT molecular complexity index is 1650. The van der Waals surface area contributed by atoms with Crippen molar-refractivity contribution in [2.45, 2.75) is 18.0 Å². The minimum Gasteiger partial charge on any atom is -0.383 e. The number of rotatable bonds is 7. The van der Waals surface area contributed by atoms with E-state index in [-0.39, 0.29) is 16.6 Å². The summed E-state index contributed by atoms with van der Waals surface area (Å²) in [6.45, 7) is 3.53. The van der Waals surface area contributed by atoms with Crippen LogP contribution < -0.4 is 15.8 Å². The quantitative estimate of drug-likeness (QED) is 0.298. The molecule has 0 atom stereocenters. The average Bonchev–Trinajstić information content (AvgIpc) is 3.16. The summed E-state index contributed by atoms with van der Waals surface area (Å²) in [5.41, 5.74) is 10.2. The zero-order valence-electron chi connectivity index (χ0n) is 20.3. The minimum absolute atomic E-state index is 0.195. The number of carbonyl (C=O) groups is 1. The molecule has 4 N–H and O–H groups in total. The van der Waals surface area contributed by atoms with Crippen LogP contribution in [0.15, 0.2) is 71.9 Å². The van der Waals surface area contributed by atoms with E-state index >= 15 is 0 Å². The van der Waals surface area contributed by atoms with Gasteiger partial charge in [0.05, 0.1) is 16.0 Å². The summed E-state index contributed by atoms with van der Waals surface area (Å²) in [6, 6.07) is 12.4. The zero-order valence-corrected chi connectivity index (χ0v) is 21.1. The van der Waals surface area contributed by atoms with Crippen LogP contribution in [0.1, 0.15) is 6.92 Å². The lowest BCUT2D eigenvalue weighted by Gasteiger charge is -2.12. The van der Waals surface area contributed by atoms with Crippen molar-refractivity contribution >= 4 is 38.5 Å². The Morgan fingerprint density at radius 2 is 1.66 bits per heavy atom. The molecule has 0 spiro atoms. The maximum atomic E-state index is 12.5. The maximum absolute atomic E-state index is 12.5. The third kappa shape index (κ3) is 5.38. The molecule has 198 valence electrons. The second-order valence-electron chi connectivity index (χ2n) is 8.52. The number of hydrogen-bond donors (Lipinski definition) is 3. The van der Waals surface area contributed by atoms with Gasteiger partial charge in [-0.3, -0.25) is 4.79 Å². The summed E-state index contributed by atoms with van der Waals surface area (Å²) in [5, 5.41) is 3.26. The van der Waals surface area contributed by atoms with Gasteiger partial charge in [-0.05, 0) is 42.3 Å². The van der Waals surface area contributed by atoms with E-state index in [1.54, 1.807) is 47.5 Å². The summed E-state index contributed by atoms with van der Waals surface area (Å²) >= 11 is 0. The maximum Gasteiger partial charge on any atom is 0.402 e. The molecule has 4 aromatic rings. The van der Waals surface area contributed by atoms with Crippen LogP contribution in [-0.4, -0.2) is 41.6 Å². The summed E-state index contributed by atoms with van der Waals surface area (Å²) in [7, 11) is -2.60. The van der Waals surface area contributed by atoms with E-state index in [0.717, 1.165) is 5.56 Å². The van der Waals surface area contributed by atoms with Crippen LogP contribution in [0.5, 0.6) is 0 Å². The Kier molecular flexibility index (Phi) is 7.00. The van der Waals surface area contributed by atoms with Crippen LogP contribution in [0.3, 0.4) is 0 Å². The van der Waals surface area contributed by atoms with E-state index in [9.17, 15) is 26.4 Å². The zero-order chi connectivity index (χ0) is 27.8. The van der Waals surface area contributed by atoms with Gasteiger partial charge in [-0.2, -0.15) is 13.2 Å². The lowest BCUT2D eigenvalue weighted by molar-refractivity contribution is -0.121. The Labute approximate surface area is 216 Å². The highest BCUT2D eigenvalue weighted by molar-refractivity contribution is 7.89. The van der Waals surface area contributed by atoms with Crippen LogP contribution in [0.2, 0.25) is 0 Å². The van der Waals surface area contributed by atoms with Crippen LogP contribution >= 0.6 is 0 Å². The fraction of sp³-hybridized carbons (Fsp3) is 0.160. The van der Waals surface area contributed by atoms with Crippen molar-refractivity contribution in [2.75, 3.05) is 17.6 Å². The van der Waals surface area contributed by atoms with Crippen molar-refractivity contribution in [3.8, 4) is 22.4 Å². The molecule has 1 amide bonds. The first-order chi connectivity index (χ1) is 17.8. The summed E-state index contributed by atoms with van der Waals surface area (Å²) in [6.07, 6.45) is -3.37. The summed E-state index contributed by atoms with van der Waals surface area (Å²) in [4.78, 5) is 20.1. The monoisotopic (exact) mass is 544 g/mol. The minimum atomic E-state index is -4.69. The van der Waals surface area contributed by atoms with Crippen molar-refractivity contribution < 1.29 is 26.4 Å². The standard InChI is InChI=1S/C25H23F3N6O3S/c1-14(2)24(35)33-17-8-4-16(5-9-17)21-19(20-22(29)30-13-31-23(20)34(21)3)15-6-10-18(11-7-15)38(36,37)32-12-25(26,27)28/h4-11,13,32H,1,12H2,2-3H3,(H,33,35)(H2,29,30,31). The summed E-state index contributed by atoms with van der Waals surface area (Å²) < 4.78 is 65.6. The molecule has 0 saturated heterocycles. The molecule has 2 aromatic carbocycles. The molecule has 2 aromatic heterocycles. The first-order valence-electron chi connectivity index (χ1n) is 11.1. The fourth-order valence-corrected chi connectivity index (χ4v) is 4.92. The summed E-state index contributed by atoms with van der Waals surface area (Å²) in [5.74, 6) is -0.119. The number of alkyl halides is 3. The lowest BCUT2D eigenvalue weighted by Crippen LogP contribution is -2.33. The molecule has 0 unspecified atom stereocenters. The van der Waals surface area contributed by atoms with Gasteiger partial charge in [0.15, 0.2) is 0 Å². The van der Waals surface area contributed by atoms with E-state index in [0.29, 0.717) is 39.1 Å². The molecule has 2 heterocycles. The average molecular weight is 545 g/mol. The van der Waals surface area contributed by atoms with Gasteiger partial charge >= 0.3 is 6.18 Å².